The first kappa shape index (κ1) is 15.7. The average molecular weight is 395 g/mol. The standard InChI is InChI=1S/C17H17BrF2N4/c1-10-7-12-14(13(18)8-10)22-16(24-11(2)9-21-15(12)24)23-5-3-17(19,20)4-6-23/h7-9H,3-6H2,1-2H3. The summed E-state index contributed by atoms with van der Waals surface area (Å²) in [6.07, 6.45) is 1.52. The van der Waals surface area contributed by atoms with Gasteiger partial charge in [0.2, 0.25) is 5.95 Å². The van der Waals surface area contributed by atoms with E-state index in [0.717, 1.165) is 32.3 Å². The minimum atomic E-state index is -2.58. The summed E-state index contributed by atoms with van der Waals surface area (Å²) in [6.45, 7) is 4.57. The van der Waals surface area contributed by atoms with Crippen LogP contribution in [0.25, 0.3) is 16.6 Å². The first-order chi connectivity index (χ1) is 11.4. The fourth-order valence-corrected chi connectivity index (χ4v) is 3.96. The van der Waals surface area contributed by atoms with Gasteiger partial charge in [-0.25, -0.2) is 18.7 Å². The van der Waals surface area contributed by atoms with Crippen LogP contribution in [0.2, 0.25) is 0 Å². The number of aryl methyl sites for hydroxylation is 2. The van der Waals surface area contributed by atoms with Crippen LogP contribution in [0.1, 0.15) is 24.1 Å². The van der Waals surface area contributed by atoms with Crippen molar-refractivity contribution in [3.05, 3.63) is 34.1 Å². The molecule has 0 N–H and O–H groups in total. The summed E-state index contributed by atoms with van der Waals surface area (Å²) < 4.78 is 29.9. The molecular formula is C17H17BrF2N4. The second kappa shape index (κ2) is 5.37. The lowest BCUT2D eigenvalue weighted by Gasteiger charge is -2.33. The Bertz CT molecular complexity index is 941. The molecule has 0 unspecified atom stereocenters. The Morgan fingerprint density at radius 1 is 1.17 bits per heavy atom. The fraction of sp³-hybridized carbons (Fsp3) is 0.412. The number of imidazole rings is 1. The van der Waals surface area contributed by atoms with Crippen molar-refractivity contribution in [1.29, 1.82) is 0 Å². The number of hydrogen-bond acceptors (Lipinski definition) is 3. The Morgan fingerprint density at radius 3 is 2.58 bits per heavy atom. The fourth-order valence-electron chi connectivity index (χ4n) is 3.29. The Kier molecular flexibility index (Phi) is 3.53. The lowest BCUT2D eigenvalue weighted by atomic mass is 10.1. The van der Waals surface area contributed by atoms with Gasteiger partial charge in [0.15, 0.2) is 0 Å². The number of benzene rings is 1. The van der Waals surface area contributed by atoms with Crippen LogP contribution in [0.15, 0.2) is 22.8 Å². The van der Waals surface area contributed by atoms with Crippen LogP contribution >= 0.6 is 15.9 Å². The molecule has 7 heteroatoms. The van der Waals surface area contributed by atoms with Crippen molar-refractivity contribution in [3.8, 4) is 0 Å². The van der Waals surface area contributed by atoms with E-state index in [0.29, 0.717) is 19.0 Å². The molecule has 1 fully saturated rings. The van der Waals surface area contributed by atoms with Crippen LogP contribution in [0, 0.1) is 13.8 Å². The van der Waals surface area contributed by atoms with Gasteiger partial charge in [0.05, 0.1) is 5.52 Å². The molecule has 2 aromatic heterocycles. The van der Waals surface area contributed by atoms with Crippen LogP contribution in [-0.4, -0.2) is 33.4 Å². The maximum Gasteiger partial charge on any atom is 0.251 e. The van der Waals surface area contributed by atoms with Crippen LogP contribution in [0.3, 0.4) is 0 Å². The van der Waals surface area contributed by atoms with Crippen molar-refractivity contribution >= 4 is 38.4 Å². The van der Waals surface area contributed by atoms with Gasteiger partial charge in [0.1, 0.15) is 5.65 Å². The van der Waals surface area contributed by atoms with E-state index in [4.69, 9.17) is 4.98 Å². The normalized spacial score (nSPS) is 17.8. The smallest absolute Gasteiger partial charge is 0.251 e. The van der Waals surface area contributed by atoms with Gasteiger partial charge in [-0.3, -0.25) is 4.40 Å². The summed E-state index contributed by atoms with van der Waals surface area (Å²) >= 11 is 3.58. The largest absolute Gasteiger partial charge is 0.341 e. The molecule has 0 aliphatic carbocycles. The molecule has 0 bridgehead atoms. The molecule has 0 radical (unpaired) electrons. The number of nitrogens with zero attached hydrogens (tertiary/aromatic N) is 4. The van der Waals surface area contributed by atoms with Gasteiger partial charge in [-0.2, -0.15) is 0 Å². The van der Waals surface area contributed by atoms with E-state index in [1.54, 1.807) is 6.20 Å². The third kappa shape index (κ3) is 2.46. The van der Waals surface area contributed by atoms with Gasteiger partial charge in [-0.15, -0.1) is 0 Å². The quantitative estimate of drug-likeness (QED) is 0.609. The zero-order chi connectivity index (χ0) is 17.1. The first-order valence-corrected chi connectivity index (χ1v) is 8.72. The number of alkyl halides is 2. The second-order valence-electron chi connectivity index (χ2n) is 6.46. The molecular weight excluding hydrogens is 378 g/mol. The molecule has 4 rings (SSSR count). The van der Waals surface area contributed by atoms with E-state index >= 15 is 0 Å². The Balaban J connectivity index is 1.96. The van der Waals surface area contributed by atoms with E-state index in [1.807, 2.05) is 29.2 Å². The molecule has 4 nitrogen and oxygen atoms in total. The summed E-state index contributed by atoms with van der Waals surface area (Å²) in [5.74, 6) is -1.89. The lowest BCUT2D eigenvalue weighted by Crippen LogP contribution is -2.40. The number of anilines is 1. The van der Waals surface area contributed by atoms with Gasteiger partial charge in [0.25, 0.3) is 5.92 Å². The SMILES string of the molecule is Cc1cc(Br)c2nc(N3CCC(F)(F)CC3)n3c(C)cnc3c2c1. The Hall–Kier alpha value is -1.76. The number of rotatable bonds is 1. The number of piperidine rings is 1. The van der Waals surface area contributed by atoms with Gasteiger partial charge in [-0.05, 0) is 47.5 Å². The van der Waals surface area contributed by atoms with E-state index in [-0.39, 0.29) is 12.8 Å². The highest BCUT2D eigenvalue weighted by Gasteiger charge is 2.35. The molecule has 126 valence electrons. The Labute approximate surface area is 146 Å². The summed E-state index contributed by atoms with van der Waals surface area (Å²) in [4.78, 5) is 11.3. The van der Waals surface area contributed by atoms with Crippen molar-refractivity contribution in [1.82, 2.24) is 14.4 Å². The highest BCUT2D eigenvalue weighted by atomic mass is 79.9. The molecule has 1 aliphatic heterocycles. The number of aromatic nitrogens is 3. The number of hydrogen-bond donors (Lipinski definition) is 0. The van der Waals surface area contributed by atoms with Gasteiger partial charge >= 0.3 is 0 Å². The third-order valence-corrected chi connectivity index (χ3v) is 5.18. The monoisotopic (exact) mass is 394 g/mol. The topological polar surface area (TPSA) is 33.4 Å². The number of halogens is 3. The average Bonchev–Trinajstić information content (AvgIpc) is 2.90. The molecule has 24 heavy (non-hydrogen) atoms. The summed E-state index contributed by atoms with van der Waals surface area (Å²) in [6, 6.07) is 4.07. The van der Waals surface area contributed by atoms with E-state index in [2.05, 4.69) is 27.0 Å². The van der Waals surface area contributed by atoms with Crippen LogP contribution in [0.5, 0.6) is 0 Å². The molecule has 1 aliphatic rings. The number of fused-ring (bicyclic) bond motifs is 3. The first-order valence-electron chi connectivity index (χ1n) is 7.92. The summed E-state index contributed by atoms with van der Waals surface area (Å²) in [5.41, 5.74) is 3.69. The zero-order valence-corrected chi connectivity index (χ0v) is 15.1. The van der Waals surface area contributed by atoms with E-state index < -0.39 is 5.92 Å². The minimum absolute atomic E-state index is 0.142. The molecule has 0 atom stereocenters. The highest BCUT2D eigenvalue weighted by Crippen LogP contribution is 2.34. The zero-order valence-electron chi connectivity index (χ0n) is 13.5. The maximum absolute atomic E-state index is 13.5. The van der Waals surface area contributed by atoms with E-state index in [9.17, 15) is 8.78 Å². The lowest BCUT2D eigenvalue weighted by molar-refractivity contribution is -0.0222. The molecule has 1 aromatic carbocycles. The van der Waals surface area contributed by atoms with Gasteiger partial charge in [-0.1, -0.05) is 0 Å². The third-order valence-electron chi connectivity index (χ3n) is 4.58. The van der Waals surface area contributed by atoms with Crippen molar-refractivity contribution in [3.63, 3.8) is 0 Å². The predicted molar refractivity (Wildman–Crippen MR) is 94.1 cm³/mol. The van der Waals surface area contributed by atoms with Crippen LogP contribution in [0.4, 0.5) is 14.7 Å². The van der Waals surface area contributed by atoms with Crippen molar-refractivity contribution in [2.24, 2.45) is 0 Å². The van der Waals surface area contributed by atoms with Gasteiger partial charge in [0, 0.05) is 47.7 Å². The minimum Gasteiger partial charge on any atom is -0.341 e. The molecule has 1 saturated heterocycles. The molecule has 0 amide bonds. The molecule has 3 aromatic rings. The molecule has 0 spiro atoms. The second-order valence-corrected chi connectivity index (χ2v) is 7.31. The highest BCUT2D eigenvalue weighted by molar-refractivity contribution is 9.10. The summed E-state index contributed by atoms with van der Waals surface area (Å²) in [5, 5.41) is 0.959. The van der Waals surface area contributed by atoms with E-state index in [1.165, 1.54) is 0 Å². The Morgan fingerprint density at radius 2 is 1.88 bits per heavy atom. The van der Waals surface area contributed by atoms with Crippen LogP contribution < -0.4 is 4.90 Å². The summed E-state index contributed by atoms with van der Waals surface area (Å²) in [7, 11) is 0. The molecule has 0 saturated carbocycles. The predicted octanol–water partition coefficient (Wildman–Crippen LogP) is 4.50. The van der Waals surface area contributed by atoms with Crippen molar-refractivity contribution < 1.29 is 8.78 Å². The van der Waals surface area contributed by atoms with Crippen molar-refractivity contribution in [2.45, 2.75) is 32.6 Å². The molecule has 3 heterocycles. The van der Waals surface area contributed by atoms with Gasteiger partial charge < -0.3 is 4.90 Å². The maximum atomic E-state index is 13.5. The van der Waals surface area contributed by atoms with Crippen molar-refractivity contribution in [2.75, 3.05) is 18.0 Å². The van der Waals surface area contributed by atoms with Crippen LogP contribution in [-0.2, 0) is 0 Å².